The Morgan fingerprint density at radius 1 is 1.64 bits per heavy atom. The molecule has 0 aromatic heterocycles. The first-order chi connectivity index (χ1) is 5.07. The highest BCUT2D eigenvalue weighted by Gasteiger charge is 2.02. The van der Waals surface area contributed by atoms with Gasteiger partial charge in [-0.3, -0.25) is 0 Å². The van der Waals surface area contributed by atoms with Crippen LogP contribution in [0.15, 0.2) is 12.3 Å². The first kappa shape index (κ1) is 10.5. The fourth-order valence-corrected chi connectivity index (χ4v) is 0.738. The van der Waals surface area contributed by atoms with Crippen molar-refractivity contribution in [1.29, 1.82) is 0 Å². The standard InChI is InChI=1S/C9H19NO/c1-5-9(11)6-7-10(4)8(2)3/h9,11H,2,5-7H2,1,3-4H3. The third kappa shape index (κ3) is 4.85. The Bertz CT molecular complexity index is 123. The molecule has 0 amide bonds. The maximum atomic E-state index is 9.23. The summed E-state index contributed by atoms with van der Waals surface area (Å²) in [4.78, 5) is 2.05. The van der Waals surface area contributed by atoms with Crippen LogP contribution in [0.25, 0.3) is 0 Å². The molecule has 2 nitrogen and oxygen atoms in total. The summed E-state index contributed by atoms with van der Waals surface area (Å²) in [7, 11) is 1.99. The molecule has 0 saturated carbocycles. The summed E-state index contributed by atoms with van der Waals surface area (Å²) in [5.41, 5.74) is 1.05. The number of nitrogens with zero attached hydrogens (tertiary/aromatic N) is 1. The lowest BCUT2D eigenvalue weighted by Gasteiger charge is -2.19. The Morgan fingerprint density at radius 2 is 2.18 bits per heavy atom. The van der Waals surface area contributed by atoms with Gasteiger partial charge in [0.05, 0.1) is 6.10 Å². The molecule has 0 fully saturated rings. The zero-order valence-corrected chi connectivity index (χ0v) is 7.80. The van der Waals surface area contributed by atoms with Gasteiger partial charge in [0, 0.05) is 19.3 Å². The largest absolute Gasteiger partial charge is 0.393 e. The van der Waals surface area contributed by atoms with E-state index in [9.17, 15) is 5.11 Å². The van der Waals surface area contributed by atoms with Gasteiger partial charge in [-0.1, -0.05) is 13.5 Å². The minimum absolute atomic E-state index is 0.156. The van der Waals surface area contributed by atoms with Gasteiger partial charge >= 0.3 is 0 Å². The first-order valence-electron chi connectivity index (χ1n) is 4.12. The predicted octanol–water partition coefficient (Wildman–Crippen LogP) is 1.61. The van der Waals surface area contributed by atoms with E-state index in [1.807, 2.05) is 20.9 Å². The monoisotopic (exact) mass is 157 g/mol. The van der Waals surface area contributed by atoms with Crippen LogP contribution in [0.1, 0.15) is 26.7 Å². The normalized spacial score (nSPS) is 12.7. The second-order valence-corrected chi connectivity index (χ2v) is 3.01. The van der Waals surface area contributed by atoms with E-state index >= 15 is 0 Å². The molecule has 0 aromatic carbocycles. The van der Waals surface area contributed by atoms with E-state index < -0.39 is 0 Å². The van der Waals surface area contributed by atoms with Crippen molar-refractivity contribution >= 4 is 0 Å². The van der Waals surface area contributed by atoms with Gasteiger partial charge in [-0.05, 0) is 19.8 Å². The van der Waals surface area contributed by atoms with E-state index in [0.29, 0.717) is 0 Å². The molecule has 0 bridgehead atoms. The molecule has 0 radical (unpaired) electrons. The van der Waals surface area contributed by atoms with Gasteiger partial charge in [0.15, 0.2) is 0 Å². The number of aliphatic hydroxyl groups is 1. The lowest BCUT2D eigenvalue weighted by atomic mass is 10.2. The quantitative estimate of drug-likeness (QED) is 0.655. The maximum absolute atomic E-state index is 9.23. The highest BCUT2D eigenvalue weighted by atomic mass is 16.3. The minimum Gasteiger partial charge on any atom is -0.393 e. The molecule has 1 atom stereocenters. The van der Waals surface area contributed by atoms with Crippen LogP contribution >= 0.6 is 0 Å². The Hall–Kier alpha value is -0.500. The molecule has 2 heteroatoms. The molecular weight excluding hydrogens is 138 g/mol. The Labute approximate surface area is 69.5 Å². The van der Waals surface area contributed by atoms with Crippen molar-refractivity contribution in [3.05, 3.63) is 12.3 Å². The molecule has 66 valence electrons. The SMILES string of the molecule is C=C(C)N(C)CCC(O)CC. The number of allylic oxidation sites excluding steroid dienone is 1. The second kappa shape index (κ2) is 5.19. The van der Waals surface area contributed by atoms with E-state index in [0.717, 1.165) is 25.1 Å². The van der Waals surface area contributed by atoms with Crippen molar-refractivity contribution in [3.8, 4) is 0 Å². The third-order valence-electron chi connectivity index (χ3n) is 1.92. The lowest BCUT2D eigenvalue weighted by molar-refractivity contribution is 0.149. The van der Waals surface area contributed by atoms with Crippen molar-refractivity contribution in [2.24, 2.45) is 0 Å². The average Bonchev–Trinajstić information content (AvgIpc) is 1.99. The molecule has 0 aliphatic heterocycles. The number of aliphatic hydroxyl groups excluding tert-OH is 1. The molecule has 0 rings (SSSR count). The smallest absolute Gasteiger partial charge is 0.0554 e. The van der Waals surface area contributed by atoms with Gasteiger partial charge in [0.1, 0.15) is 0 Å². The topological polar surface area (TPSA) is 23.5 Å². The number of rotatable bonds is 5. The summed E-state index contributed by atoms with van der Waals surface area (Å²) < 4.78 is 0. The van der Waals surface area contributed by atoms with Gasteiger partial charge in [0.25, 0.3) is 0 Å². The Kier molecular flexibility index (Phi) is 4.95. The summed E-state index contributed by atoms with van der Waals surface area (Å²) >= 11 is 0. The molecule has 1 N–H and O–H groups in total. The average molecular weight is 157 g/mol. The Morgan fingerprint density at radius 3 is 2.55 bits per heavy atom. The van der Waals surface area contributed by atoms with Gasteiger partial charge in [-0.15, -0.1) is 0 Å². The molecule has 0 aliphatic carbocycles. The van der Waals surface area contributed by atoms with E-state index in [1.54, 1.807) is 0 Å². The molecule has 0 spiro atoms. The van der Waals surface area contributed by atoms with Crippen LogP contribution in [0.3, 0.4) is 0 Å². The van der Waals surface area contributed by atoms with Gasteiger partial charge in [-0.25, -0.2) is 0 Å². The molecule has 0 aromatic rings. The molecule has 1 unspecified atom stereocenters. The zero-order valence-electron chi connectivity index (χ0n) is 7.80. The number of hydrogen-bond acceptors (Lipinski definition) is 2. The second-order valence-electron chi connectivity index (χ2n) is 3.01. The van der Waals surface area contributed by atoms with Gasteiger partial charge in [0.2, 0.25) is 0 Å². The van der Waals surface area contributed by atoms with Crippen LogP contribution in [-0.4, -0.2) is 29.7 Å². The van der Waals surface area contributed by atoms with Crippen molar-refractivity contribution in [1.82, 2.24) is 4.90 Å². The van der Waals surface area contributed by atoms with E-state index in [1.165, 1.54) is 0 Å². The summed E-state index contributed by atoms with van der Waals surface area (Å²) in [6.07, 6.45) is 1.51. The van der Waals surface area contributed by atoms with Crippen LogP contribution in [0, 0.1) is 0 Å². The molecule has 0 saturated heterocycles. The lowest BCUT2D eigenvalue weighted by Crippen LogP contribution is -2.20. The van der Waals surface area contributed by atoms with E-state index in [-0.39, 0.29) is 6.10 Å². The molecule has 0 aliphatic rings. The summed E-state index contributed by atoms with van der Waals surface area (Å²) in [5.74, 6) is 0. The highest BCUT2D eigenvalue weighted by Crippen LogP contribution is 2.01. The summed E-state index contributed by atoms with van der Waals surface area (Å²) in [6, 6.07) is 0. The molecule has 11 heavy (non-hydrogen) atoms. The maximum Gasteiger partial charge on any atom is 0.0554 e. The summed E-state index contributed by atoms with van der Waals surface area (Å²) in [6.45, 7) is 8.66. The van der Waals surface area contributed by atoms with Crippen molar-refractivity contribution in [2.75, 3.05) is 13.6 Å². The van der Waals surface area contributed by atoms with Crippen molar-refractivity contribution in [3.63, 3.8) is 0 Å². The minimum atomic E-state index is -0.156. The van der Waals surface area contributed by atoms with Crippen LogP contribution in [0.5, 0.6) is 0 Å². The van der Waals surface area contributed by atoms with Crippen molar-refractivity contribution in [2.45, 2.75) is 32.8 Å². The first-order valence-corrected chi connectivity index (χ1v) is 4.12. The number of hydrogen-bond donors (Lipinski definition) is 1. The zero-order chi connectivity index (χ0) is 8.85. The van der Waals surface area contributed by atoms with E-state index in [2.05, 4.69) is 11.5 Å². The molecule has 0 heterocycles. The summed E-state index contributed by atoms with van der Waals surface area (Å²) in [5, 5.41) is 9.23. The van der Waals surface area contributed by atoms with Crippen LogP contribution in [-0.2, 0) is 0 Å². The van der Waals surface area contributed by atoms with Crippen LogP contribution < -0.4 is 0 Å². The van der Waals surface area contributed by atoms with Gasteiger partial charge in [-0.2, -0.15) is 0 Å². The Balaban J connectivity index is 3.45. The molecular formula is C9H19NO. The highest BCUT2D eigenvalue weighted by molar-refractivity contribution is 4.85. The predicted molar refractivity (Wildman–Crippen MR) is 48.4 cm³/mol. The fraction of sp³-hybridized carbons (Fsp3) is 0.778. The van der Waals surface area contributed by atoms with Crippen LogP contribution in [0.2, 0.25) is 0 Å². The third-order valence-corrected chi connectivity index (χ3v) is 1.92. The van der Waals surface area contributed by atoms with Gasteiger partial charge < -0.3 is 10.0 Å². The fourth-order valence-electron chi connectivity index (χ4n) is 0.738. The van der Waals surface area contributed by atoms with Crippen molar-refractivity contribution < 1.29 is 5.11 Å². The van der Waals surface area contributed by atoms with Crippen LogP contribution in [0.4, 0.5) is 0 Å². The van der Waals surface area contributed by atoms with E-state index in [4.69, 9.17) is 0 Å².